The van der Waals surface area contributed by atoms with Crippen LogP contribution in [0, 0.1) is 6.92 Å². The fraction of sp³-hybridized carbons (Fsp3) is 0.458. The summed E-state index contributed by atoms with van der Waals surface area (Å²) in [5.41, 5.74) is 4.63. The van der Waals surface area contributed by atoms with E-state index in [9.17, 15) is 8.42 Å². The van der Waals surface area contributed by atoms with Crippen LogP contribution in [0.4, 0.5) is 0 Å². The van der Waals surface area contributed by atoms with Crippen molar-refractivity contribution in [2.75, 3.05) is 25.9 Å². The number of hydrogen-bond donors (Lipinski definition) is 2. The Kier molecular flexibility index (Phi) is 7.73. The molecule has 3 rings (SSSR count). The van der Waals surface area contributed by atoms with E-state index >= 15 is 0 Å². The first-order valence-electron chi connectivity index (χ1n) is 10.9. The van der Waals surface area contributed by atoms with Gasteiger partial charge in [0.1, 0.15) is 0 Å². The summed E-state index contributed by atoms with van der Waals surface area (Å²) in [5, 5.41) is 6.77. The highest BCUT2D eigenvalue weighted by Crippen LogP contribution is 2.20. The van der Waals surface area contributed by atoms with Crippen molar-refractivity contribution in [3.8, 4) is 0 Å². The van der Waals surface area contributed by atoms with Gasteiger partial charge in [0.15, 0.2) is 15.8 Å². The molecular weight excluding hydrogens is 408 g/mol. The Morgan fingerprint density at radius 3 is 2.58 bits per heavy atom. The van der Waals surface area contributed by atoms with Gasteiger partial charge in [0.2, 0.25) is 0 Å². The third-order valence-electron chi connectivity index (χ3n) is 5.75. The molecule has 0 radical (unpaired) electrons. The number of nitrogens with zero attached hydrogens (tertiary/aromatic N) is 2. The minimum Gasteiger partial charge on any atom is -0.357 e. The number of hydrogen-bond acceptors (Lipinski definition) is 4. The fourth-order valence-corrected chi connectivity index (χ4v) is 4.96. The summed E-state index contributed by atoms with van der Waals surface area (Å²) in [7, 11) is -3.20. The number of rotatable bonds is 7. The molecular formula is C24H34N4O2S. The first kappa shape index (κ1) is 23.3. The van der Waals surface area contributed by atoms with Gasteiger partial charge in [-0.3, -0.25) is 4.90 Å². The van der Waals surface area contributed by atoms with Crippen molar-refractivity contribution in [3.05, 3.63) is 64.7 Å². The summed E-state index contributed by atoms with van der Waals surface area (Å²) >= 11 is 0. The normalized spacial score (nSPS) is 15.9. The number of nitrogens with one attached hydrogen (secondary N) is 2. The third kappa shape index (κ3) is 6.31. The minimum atomic E-state index is -3.20. The zero-order valence-electron chi connectivity index (χ0n) is 19.0. The SMILES string of the molecule is CCNC(=NCc1ccc(S(C)(=O)=O)c(C)c1)NCC(C)N1CCc2ccccc2C1. The molecule has 1 aliphatic heterocycles. The van der Waals surface area contributed by atoms with Gasteiger partial charge in [-0.2, -0.15) is 0 Å². The summed E-state index contributed by atoms with van der Waals surface area (Å²) in [6.07, 6.45) is 2.33. The topological polar surface area (TPSA) is 73.8 Å². The lowest BCUT2D eigenvalue weighted by atomic mass is 9.99. The second kappa shape index (κ2) is 10.3. The largest absolute Gasteiger partial charge is 0.357 e. The molecule has 1 aliphatic rings. The highest BCUT2D eigenvalue weighted by Gasteiger charge is 2.20. The summed E-state index contributed by atoms with van der Waals surface area (Å²) in [5.74, 6) is 0.775. The molecule has 2 aromatic carbocycles. The van der Waals surface area contributed by atoms with E-state index in [0.717, 1.165) is 49.7 Å². The van der Waals surface area contributed by atoms with Crippen LogP contribution in [0.25, 0.3) is 0 Å². The first-order valence-corrected chi connectivity index (χ1v) is 12.8. The number of guanidine groups is 1. The number of aliphatic imine (C=N–C) groups is 1. The van der Waals surface area contributed by atoms with E-state index in [0.29, 0.717) is 17.5 Å². The van der Waals surface area contributed by atoms with Crippen molar-refractivity contribution >= 4 is 15.8 Å². The number of sulfone groups is 1. The highest BCUT2D eigenvalue weighted by molar-refractivity contribution is 7.90. The van der Waals surface area contributed by atoms with Gasteiger partial charge < -0.3 is 10.6 Å². The van der Waals surface area contributed by atoms with Crippen molar-refractivity contribution in [1.29, 1.82) is 0 Å². The van der Waals surface area contributed by atoms with E-state index < -0.39 is 9.84 Å². The predicted molar refractivity (Wildman–Crippen MR) is 127 cm³/mol. The molecule has 0 fully saturated rings. The van der Waals surface area contributed by atoms with E-state index in [1.165, 1.54) is 17.4 Å². The summed E-state index contributed by atoms with van der Waals surface area (Å²) in [6.45, 7) is 10.3. The molecule has 1 heterocycles. The second-order valence-corrected chi connectivity index (χ2v) is 10.3. The lowest BCUT2D eigenvalue weighted by Gasteiger charge is -2.34. The Hall–Kier alpha value is -2.38. The molecule has 31 heavy (non-hydrogen) atoms. The zero-order valence-corrected chi connectivity index (χ0v) is 19.8. The molecule has 2 N–H and O–H groups in total. The summed E-state index contributed by atoms with van der Waals surface area (Å²) < 4.78 is 23.6. The summed E-state index contributed by atoms with van der Waals surface area (Å²) in [6, 6.07) is 14.5. The molecule has 6 nitrogen and oxygen atoms in total. The van der Waals surface area contributed by atoms with Crippen LogP contribution in [0.2, 0.25) is 0 Å². The molecule has 7 heteroatoms. The quantitative estimate of drug-likeness (QED) is 0.510. The van der Waals surface area contributed by atoms with Crippen molar-refractivity contribution in [2.24, 2.45) is 4.99 Å². The van der Waals surface area contributed by atoms with Crippen LogP contribution in [-0.4, -0.2) is 51.2 Å². The van der Waals surface area contributed by atoms with Gasteiger partial charge in [0.05, 0.1) is 11.4 Å². The predicted octanol–water partition coefficient (Wildman–Crippen LogP) is 2.90. The molecule has 0 spiro atoms. The van der Waals surface area contributed by atoms with Gasteiger partial charge in [0.25, 0.3) is 0 Å². The lowest BCUT2D eigenvalue weighted by Crippen LogP contribution is -2.47. The van der Waals surface area contributed by atoms with Crippen LogP contribution in [-0.2, 0) is 29.3 Å². The highest BCUT2D eigenvalue weighted by atomic mass is 32.2. The Bertz CT molecular complexity index is 1030. The fourth-order valence-electron chi connectivity index (χ4n) is 4.01. The van der Waals surface area contributed by atoms with E-state index in [-0.39, 0.29) is 0 Å². The molecule has 0 aromatic heterocycles. The van der Waals surface area contributed by atoms with Gasteiger partial charge in [-0.1, -0.05) is 36.4 Å². The van der Waals surface area contributed by atoms with E-state index in [2.05, 4.69) is 46.7 Å². The maximum atomic E-state index is 11.8. The maximum Gasteiger partial charge on any atom is 0.191 e. The van der Waals surface area contributed by atoms with Gasteiger partial charge >= 0.3 is 0 Å². The smallest absolute Gasteiger partial charge is 0.191 e. The van der Waals surface area contributed by atoms with E-state index in [4.69, 9.17) is 4.99 Å². The van der Waals surface area contributed by atoms with Crippen LogP contribution in [0.1, 0.15) is 36.1 Å². The van der Waals surface area contributed by atoms with Gasteiger partial charge in [-0.05, 0) is 55.5 Å². The van der Waals surface area contributed by atoms with Crippen LogP contribution in [0.3, 0.4) is 0 Å². The number of fused-ring (bicyclic) bond motifs is 1. The standard InChI is InChI=1S/C24H34N4O2S/c1-5-25-24(27-16-20-10-11-23(18(2)14-20)31(4,29)30)26-15-19(3)28-13-12-21-8-6-7-9-22(21)17-28/h6-11,14,19H,5,12-13,15-17H2,1-4H3,(H2,25,26,27). The Morgan fingerprint density at radius 1 is 1.16 bits per heavy atom. The molecule has 0 bridgehead atoms. The lowest BCUT2D eigenvalue weighted by molar-refractivity contribution is 0.191. The summed E-state index contributed by atoms with van der Waals surface area (Å²) in [4.78, 5) is 7.58. The average molecular weight is 443 g/mol. The second-order valence-electron chi connectivity index (χ2n) is 8.29. The minimum absolute atomic E-state index is 0.377. The van der Waals surface area contributed by atoms with Crippen LogP contribution in [0.5, 0.6) is 0 Å². The van der Waals surface area contributed by atoms with Crippen molar-refractivity contribution in [1.82, 2.24) is 15.5 Å². The number of benzene rings is 2. The molecule has 0 saturated carbocycles. The molecule has 1 atom stereocenters. The number of aryl methyl sites for hydroxylation is 1. The van der Waals surface area contributed by atoms with Gasteiger partial charge in [-0.15, -0.1) is 0 Å². The van der Waals surface area contributed by atoms with Crippen LogP contribution >= 0.6 is 0 Å². The molecule has 168 valence electrons. The monoisotopic (exact) mass is 442 g/mol. The molecule has 0 amide bonds. The molecule has 0 aliphatic carbocycles. The first-order chi connectivity index (χ1) is 14.8. The zero-order chi connectivity index (χ0) is 22.4. The maximum absolute atomic E-state index is 11.8. The van der Waals surface area contributed by atoms with Crippen molar-refractivity contribution in [2.45, 2.75) is 51.2 Å². The Morgan fingerprint density at radius 2 is 1.90 bits per heavy atom. The van der Waals surface area contributed by atoms with Crippen molar-refractivity contribution in [3.63, 3.8) is 0 Å². The Labute approximate surface area is 186 Å². The third-order valence-corrected chi connectivity index (χ3v) is 7.01. The molecule has 2 aromatic rings. The average Bonchev–Trinajstić information content (AvgIpc) is 2.74. The van der Waals surface area contributed by atoms with Crippen molar-refractivity contribution < 1.29 is 8.42 Å². The van der Waals surface area contributed by atoms with Crippen LogP contribution in [0.15, 0.2) is 52.4 Å². The molecule has 1 unspecified atom stereocenters. The van der Waals surface area contributed by atoms with E-state index in [1.54, 1.807) is 6.07 Å². The van der Waals surface area contributed by atoms with Gasteiger partial charge in [-0.25, -0.2) is 13.4 Å². The van der Waals surface area contributed by atoms with E-state index in [1.807, 2.05) is 26.0 Å². The van der Waals surface area contributed by atoms with Crippen LogP contribution < -0.4 is 10.6 Å². The molecule has 0 saturated heterocycles. The van der Waals surface area contributed by atoms with Gasteiger partial charge in [0, 0.05) is 38.5 Å². The Balaban J connectivity index is 1.59.